The number of halogens is 2. The Morgan fingerprint density at radius 2 is 1.83 bits per heavy atom. The molecule has 2 rings (SSSR count). The van der Waals surface area contributed by atoms with Crippen molar-refractivity contribution in [1.82, 2.24) is 10.0 Å². The maximum absolute atomic E-state index is 12.8. The molecule has 1 amide bonds. The van der Waals surface area contributed by atoms with Crippen LogP contribution < -0.4 is 10.0 Å². The second kappa shape index (κ2) is 8.23. The summed E-state index contributed by atoms with van der Waals surface area (Å²) < 4.78 is 39.0. The number of amides is 1. The fourth-order valence-electron chi connectivity index (χ4n) is 1.94. The summed E-state index contributed by atoms with van der Waals surface area (Å²) in [5.74, 6) is -0.777. The van der Waals surface area contributed by atoms with Gasteiger partial charge in [-0.2, -0.15) is 0 Å². The van der Waals surface area contributed by atoms with Gasteiger partial charge in [0.1, 0.15) is 5.82 Å². The lowest BCUT2D eigenvalue weighted by atomic mass is 10.1. The number of carbonyl (C=O) groups excluding carboxylic acids is 1. The largest absolute Gasteiger partial charge is 0.355 e. The number of sulfonamides is 1. The van der Waals surface area contributed by atoms with Gasteiger partial charge in [-0.25, -0.2) is 17.5 Å². The third-order valence-electron chi connectivity index (χ3n) is 3.18. The lowest BCUT2D eigenvalue weighted by Gasteiger charge is -2.08. The highest BCUT2D eigenvalue weighted by Gasteiger charge is 2.15. The van der Waals surface area contributed by atoms with E-state index in [1.54, 1.807) is 18.2 Å². The molecule has 5 nitrogen and oxygen atoms in total. The minimum Gasteiger partial charge on any atom is -0.355 e. The maximum atomic E-state index is 12.8. The van der Waals surface area contributed by atoms with Gasteiger partial charge >= 0.3 is 0 Å². The normalized spacial score (nSPS) is 11.2. The van der Waals surface area contributed by atoms with Crippen molar-refractivity contribution in [2.24, 2.45) is 0 Å². The average Bonchev–Trinajstić information content (AvgIpc) is 2.55. The van der Waals surface area contributed by atoms with Crippen molar-refractivity contribution < 1.29 is 17.6 Å². The number of hydrogen-bond acceptors (Lipinski definition) is 3. The zero-order chi connectivity index (χ0) is 17.6. The summed E-state index contributed by atoms with van der Waals surface area (Å²) in [4.78, 5) is 11.7. The van der Waals surface area contributed by atoms with Gasteiger partial charge in [-0.05, 0) is 42.3 Å². The number of rotatable bonds is 7. The molecule has 0 saturated carbocycles. The molecule has 0 bridgehead atoms. The predicted octanol–water partition coefficient (Wildman–Crippen LogP) is 2.12. The average molecular weight is 371 g/mol. The van der Waals surface area contributed by atoms with Gasteiger partial charge in [0.05, 0.1) is 11.4 Å². The third-order valence-corrected chi connectivity index (χ3v) is 4.81. The van der Waals surface area contributed by atoms with Crippen LogP contribution in [0.4, 0.5) is 4.39 Å². The first-order chi connectivity index (χ1) is 11.4. The summed E-state index contributed by atoms with van der Waals surface area (Å²) >= 11 is 5.76. The molecule has 0 atom stereocenters. The molecule has 8 heteroatoms. The second-order valence-electron chi connectivity index (χ2n) is 5.01. The fourth-order valence-corrected chi connectivity index (χ4v) is 3.22. The minimum atomic E-state index is -3.80. The van der Waals surface area contributed by atoms with Crippen LogP contribution in [0, 0.1) is 5.82 Å². The molecule has 0 fully saturated rings. The van der Waals surface area contributed by atoms with E-state index in [9.17, 15) is 17.6 Å². The molecule has 24 heavy (non-hydrogen) atoms. The van der Waals surface area contributed by atoms with Crippen LogP contribution in [0.25, 0.3) is 0 Å². The first-order valence-corrected chi connectivity index (χ1v) is 8.99. The number of benzene rings is 2. The van der Waals surface area contributed by atoms with Crippen LogP contribution >= 0.6 is 11.6 Å². The molecule has 0 unspecified atom stereocenters. The Hall–Kier alpha value is -1.96. The Balaban J connectivity index is 1.79. The number of hydrogen-bond donors (Lipinski definition) is 2. The van der Waals surface area contributed by atoms with Crippen LogP contribution in [0.1, 0.15) is 5.56 Å². The van der Waals surface area contributed by atoms with Crippen molar-refractivity contribution in [3.63, 3.8) is 0 Å². The number of carbonyl (C=O) groups is 1. The Bertz CT molecular complexity index is 810. The summed E-state index contributed by atoms with van der Waals surface area (Å²) in [7, 11) is -3.80. The van der Waals surface area contributed by atoms with Gasteiger partial charge < -0.3 is 5.32 Å². The highest BCUT2D eigenvalue weighted by atomic mass is 35.5. The van der Waals surface area contributed by atoms with Gasteiger partial charge in [0.25, 0.3) is 0 Å². The molecule has 0 radical (unpaired) electrons. The topological polar surface area (TPSA) is 75.3 Å². The lowest BCUT2D eigenvalue weighted by molar-refractivity contribution is -0.119. The van der Waals surface area contributed by atoms with Gasteiger partial charge in [-0.15, -0.1) is 0 Å². The van der Waals surface area contributed by atoms with Gasteiger partial charge in [0.15, 0.2) is 0 Å². The van der Waals surface area contributed by atoms with Crippen molar-refractivity contribution in [3.05, 3.63) is 64.9 Å². The van der Waals surface area contributed by atoms with E-state index in [2.05, 4.69) is 10.0 Å². The van der Waals surface area contributed by atoms with Crippen molar-refractivity contribution in [1.29, 1.82) is 0 Å². The van der Waals surface area contributed by atoms with Crippen molar-refractivity contribution >= 4 is 27.5 Å². The lowest BCUT2D eigenvalue weighted by Crippen LogP contribution is -2.37. The number of nitrogens with one attached hydrogen (secondary N) is 2. The molecule has 2 aromatic rings. The summed E-state index contributed by atoms with van der Waals surface area (Å²) in [6.45, 7) is -0.0539. The molecule has 0 saturated heterocycles. The smallest absolute Gasteiger partial charge is 0.241 e. The third kappa shape index (κ3) is 5.59. The first kappa shape index (κ1) is 18.4. The second-order valence-corrected chi connectivity index (χ2v) is 7.21. The Kier molecular flexibility index (Phi) is 6.30. The van der Waals surface area contributed by atoms with Crippen molar-refractivity contribution in [3.8, 4) is 0 Å². The van der Waals surface area contributed by atoms with Gasteiger partial charge in [0.2, 0.25) is 15.9 Å². The zero-order valence-corrected chi connectivity index (χ0v) is 14.2. The zero-order valence-electron chi connectivity index (χ0n) is 12.6. The van der Waals surface area contributed by atoms with E-state index in [1.165, 1.54) is 30.3 Å². The van der Waals surface area contributed by atoms with E-state index in [-0.39, 0.29) is 17.3 Å². The van der Waals surface area contributed by atoms with E-state index >= 15 is 0 Å². The minimum absolute atomic E-state index is 0.00545. The maximum Gasteiger partial charge on any atom is 0.241 e. The van der Waals surface area contributed by atoms with E-state index in [1.807, 2.05) is 0 Å². The van der Waals surface area contributed by atoms with Crippen LogP contribution in [-0.4, -0.2) is 27.4 Å². The standard InChI is InChI=1S/C16H16ClFN2O3S/c17-13-2-1-3-15(10-13)24(22,23)20-11-16(21)19-9-8-12-4-6-14(18)7-5-12/h1-7,10,20H,8-9,11H2,(H,19,21). The van der Waals surface area contributed by atoms with Gasteiger partial charge in [-0.3, -0.25) is 4.79 Å². The van der Waals surface area contributed by atoms with Crippen LogP contribution in [0.3, 0.4) is 0 Å². The molecule has 0 spiro atoms. The quantitative estimate of drug-likeness (QED) is 0.783. The molecular weight excluding hydrogens is 355 g/mol. The molecule has 0 aliphatic heterocycles. The molecule has 0 aliphatic rings. The van der Waals surface area contributed by atoms with E-state index in [0.29, 0.717) is 18.0 Å². The summed E-state index contributed by atoms with van der Waals surface area (Å²) in [5.41, 5.74) is 0.871. The van der Waals surface area contributed by atoms with Crippen molar-refractivity contribution in [2.75, 3.05) is 13.1 Å². The Labute approximate surface area is 144 Å². The molecule has 2 aromatic carbocycles. The van der Waals surface area contributed by atoms with Gasteiger partial charge in [0, 0.05) is 11.6 Å². The SMILES string of the molecule is O=C(CNS(=O)(=O)c1cccc(Cl)c1)NCCc1ccc(F)cc1. The molecule has 128 valence electrons. The fraction of sp³-hybridized carbons (Fsp3) is 0.188. The monoisotopic (exact) mass is 370 g/mol. The predicted molar refractivity (Wildman–Crippen MR) is 89.8 cm³/mol. The van der Waals surface area contributed by atoms with E-state index < -0.39 is 15.9 Å². The van der Waals surface area contributed by atoms with E-state index in [0.717, 1.165) is 5.56 Å². The van der Waals surface area contributed by atoms with Gasteiger partial charge in [-0.1, -0.05) is 29.8 Å². The molecular formula is C16H16ClFN2O3S. The molecule has 2 N–H and O–H groups in total. The summed E-state index contributed by atoms with van der Waals surface area (Å²) in [6.07, 6.45) is 0.521. The molecule has 0 aromatic heterocycles. The van der Waals surface area contributed by atoms with Crippen LogP contribution in [0.5, 0.6) is 0 Å². The first-order valence-electron chi connectivity index (χ1n) is 7.13. The highest BCUT2D eigenvalue weighted by Crippen LogP contribution is 2.14. The Morgan fingerprint density at radius 3 is 2.50 bits per heavy atom. The Morgan fingerprint density at radius 1 is 1.12 bits per heavy atom. The summed E-state index contributed by atoms with van der Waals surface area (Å²) in [6, 6.07) is 11.7. The van der Waals surface area contributed by atoms with Crippen LogP contribution in [0.15, 0.2) is 53.4 Å². The highest BCUT2D eigenvalue weighted by molar-refractivity contribution is 7.89. The van der Waals surface area contributed by atoms with E-state index in [4.69, 9.17) is 11.6 Å². The van der Waals surface area contributed by atoms with Crippen LogP contribution in [-0.2, 0) is 21.2 Å². The molecule has 0 heterocycles. The van der Waals surface area contributed by atoms with Crippen LogP contribution in [0.2, 0.25) is 5.02 Å². The summed E-state index contributed by atoms with van der Waals surface area (Å²) in [5, 5.41) is 2.89. The van der Waals surface area contributed by atoms with Crippen molar-refractivity contribution in [2.45, 2.75) is 11.3 Å². The molecule has 0 aliphatic carbocycles.